The summed E-state index contributed by atoms with van der Waals surface area (Å²) < 4.78 is 38.1. The number of benzene rings is 2. The van der Waals surface area contributed by atoms with Gasteiger partial charge in [-0.1, -0.05) is 18.2 Å². The van der Waals surface area contributed by atoms with Crippen LogP contribution in [0.2, 0.25) is 0 Å². The number of nitrogens with one attached hydrogen (secondary N) is 1. The number of nitrogens with zero attached hydrogens (tertiary/aromatic N) is 1. The van der Waals surface area contributed by atoms with Gasteiger partial charge >= 0.3 is 6.18 Å². The zero-order chi connectivity index (χ0) is 18.6. The minimum Gasteiger partial charge on any atom is -0.396 e. The highest BCUT2D eigenvalue weighted by molar-refractivity contribution is 5.81. The fraction of sp³-hybridized carbons (Fsp3) is 0.150. The normalized spacial score (nSPS) is 11.4. The summed E-state index contributed by atoms with van der Waals surface area (Å²) in [6.07, 6.45) is -2.21. The number of halogens is 3. The lowest BCUT2D eigenvalue weighted by Crippen LogP contribution is -2.04. The molecule has 0 bridgehead atoms. The SMILES string of the molecule is OCCc1cc(-c2ccccc2Nc2ccc(C(F)(F)F)cc2)ccn1. The summed E-state index contributed by atoms with van der Waals surface area (Å²) in [7, 11) is 0. The molecule has 0 fully saturated rings. The summed E-state index contributed by atoms with van der Waals surface area (Å²) in [5, 5.41) is 12.2. The summed E-state index contributed by atoms with van der Waals surface area (Å²) in [4.78, 5) is 4.21. The highest BCUT2D eigenvalue weighted by Gasteiger charge is 2.29. The third kappa shape index (κ3) is 4.21. The van der Waals surface area contributed by atoms with Crippen LogP contribution in [0.3, 0.4) is 0 Å². The zero-order valence-corrected chi connectivity index (χ0v) is 13.8. The Bertz CT molecular complexity index is 877. The molecule has 0 aliphatic rings. The number of aromatic nitrogens is 1. The molecule has 6 heteroatoms. The first-order valence-electron chi connectivity index (χ1n) is 8.07. The number of alkyl halides is 3. The number of anilines is 2. The molecule has 3 nitrogen and oxygen atoms in total. The maximum Gasteiger partial charge on any atom is 0.416 e. The van der Waals surface area contributed by atoms with E-state index in [0.29, 0.717) is 12.1 Å². The Morgan fingerprint density at radius 2 is 1.69 bits per heavy atom. The first-order chi connectivity index (χ1) is 12.5. The quantitative estimate of drug-likeness (QED) is 0.671. The summed E-state index contributed by atoms with van der Waals surface area (Å²) in [6, 6.07) is 16.2. The number of rotatable bonds is 5. The fourth-order valence-corrected chi connectivity index (χ4v) is 2.64. The van der Waals surface area contributed by atoms with E-state index >= 15 is 0 Å². The molecule has 26 heavy (non-hydrogen) atoms. The van der Waals surface area contributed by atoms with Crippen molar-refractivity contribution >= 4 is 11.4 Å². The summed E-state index contributed by atoms with van der Waals surface area (Å²) >= 11 is 0. The molecule has 3 rings (SSSR count). The van der Waals surface area contributed by atoms with Crippen LogP contribution < -0.4 is 5.32 Å². The van der Waals surface area contributed by atoms with Crippen molar-refractivity contribution in [3.05, 3.63) is 78.1 Å². The predicted molar refractivity (Wildman–Crippen MR) is 95.2 cm³/mol. The van der Waals surface area contributed by atoms with Crippen LogP contribution in [0.15, 0.2) is 66.9 Å². The highest BCUT2D eigenvalue weighted by Crippen LogP contribution is 2.33. The smallest absolute Gasteiger partial charge is 0.396 e. The third-order valence-corrected chi connectivity index (χ3v) is 3.91. The Morgan fingerprint density at radius 3 is 2.38 bits per heavy atom. The van der Waals surface area contributed by atoms with Gasteiger partial charge in [-0.25, -0.2) is 0 Å². The van der Waals surface area contributed by atoms with Gasteiger partial charge < -0.3 is 10.4 Å². The molecule has 0 aliphatic heterocycles. The van der Waals surface area contributed by atoms with E-state index < -0.39 is 11.7 Å². The van der Waals surface area contributed by atoms with E-state index in [1.54, 1.807) is 6.20 Å². The van der Waals surface area contributed by atoms with Gasteiger partial charge in [-0.3, -0.25) is 4.98 Å². The molecule has 2 aromatic carbocycles. The van der Waals surface area contributed by atoms with Crippen molar-refractivity contribution in [2.75, 3.05) is 11.9 Å². The van der Waals surface area contributed by atoms with Gasteiger partial charge in [0.05, 0.1) is 5.56 Å². The van der Waals surface area contributed by atoms with Gasteiger partial charge in [0, 0.05) is 41.9 Å². The molecule has 0 saturated carbocycles. The van der Waals surface area contributed by atoms with E-state index in [-0.39, 0.29) is 6.61 Å². The molecule has 0 spiro atoms. The Balaban J connectivity index is 1.89. The molecule has 1 heterocycles. The van der Waals surface area contributed by atoms with Crippen molar-refractivity contribution in [3.63, 3.8) is 0 Å². The van der Waals surface area contributed by atoms with E-state index in [0.717, 1.165) is 34.6 Å². The maximum absolute atomic E-state index is 12.7. The number of para-hydroxylation sites is 1. The molecule has 2 N–H and O–H groups in total. The summed E-state index contributed by atoms with van der Waals surface area (Å²) in [5.74, 6) is 0. The Hall–Kier alpha value is -2.86. The van der Waals surface area contributed by atoms with E-state index in [1.165, 1.54) is 12.1 Å². The van der Waals surface area contributed by atoms with Gasteiger partial charge in [0.2, 0.25) is 0 Å². The molecule has 0 aliphatic carbocycles. The minimum atomic E-state index is -4.35. The Kier molecular flexibility index (Phi) is 5.23. The summed E-state index contributed by atoms with van der Waals surface area (Å²) in [5.41, 5.74) is 3.24. The molecule has 0 radical (unpaired) electrons. The van der Waals surface area contributed by atoms with E-state index in [9.17, 15) is 13.2 Å². The van der Waals surface area contributed by atoms with Gasteiger partial charge in [0.1, 0.15) is 0 Å². The zero-order valence-electron chi connectivity index (χ0n) is 13.8. The average Bonchev–Trinajstić information content (AvgIpc) is 2.62. The topological polar surface area (TPSA) is 45.1 Å². The van der Waals surface area contributed by atoms with Crippen LogP contribution in [0, 0.1) is 0 Å². The van der Waals surface area contributed by atoms with E-state index in [4.69, 9.17) is 5.11 Å². The maximum atomic E-state index is 12.7. The first kappa shape index (κ1) is 17.9. The Morgan fingerprint density at radius 1 is 0.962 bits per heavy atom. The van der Waals surface area contributed by atoms with Gasteiger partial charge in [0.15, 0.2) is 0 Å². The lowest BCUT2D eigenvalue weighted by Gasteiger charge is -2.14. The molecule has 0 atom stereocenters. The molecule has 1 aromatic heterocycles. The average molecular weight is 358 g/mol. The predicted octanol–water partition coefficient (Wildman–Crippen LogP) is 5.05. The third-order valence-electron chi connectivity index (χ3n) is 3.91. The molecule has 3 aromatic rings. The van der Waals surface area contributed by atoms with Crippen LogP contribution >= 0.6 is 0 Å². The molecule has 0 amide bonds. The van der Waals surface area contributed by atoms with Crippen LogP contribution in [0.1, 0.15) is 11.3 Å². The van der Waals surface area contributed by atoms with Crippen LogP contribution in [0.4, 0.5) is 24.5 Å². The molecule has 0 saturated heterocycles. The molecule has 134 valence electrons. The van der Waals surface area contributed by atoms with Crippen molar-refractivity contribution in [2.24, 2.45) is 0 Å². The second kappa shape index (κ2) is 7.58. The van der Waals surface area contributed by atoms with Gasteiger partial charge in [-0.2, -0.15) is 13.2 Å². The van der Waals surface area contributed by atoms with Crippen molar-refractivity contribution < 1.29 is 18.3 Å². The number of hydrogen-bond donors (Lipinski definition) is 2. The van der Waals surface area contributed by atoms with Gasteiger partial charge in [-0.15, -0.1) is 0 Å². The lowest BCUT2D eigenvalue weighted by atomic mass is 10.0. The van der Waals surface area contributed by atoms with Gasteiger partial charge in [-0.05, 0) is 48.0 Å². The lowest BCUT2D eigenvalue weighted by molar-refractivity contribution is -0.137. The monoisotopic (exact) mass is 358 g/mol. The van der Waals surface area contributed by atoms with Crippen molar-refractivity contribution in [1.82, 2.24) is 4.98 Å². The Labute approximate surface area is 149 Å². The van der Waals surface area contributed by atoms with Crippen LogP contribution in [0.25, 0.3) is 11.1 Å². The van der Waals surface area contributed by atoms with E-state index in [1.807, 2.05) is 36.4 Å². The molecule has 0 unspecified atom stereocenters. The first-order valence-corrected chi connectivity index (χ1v) is 8.07. The number of aliphatic hydroxyl groups excluding tert-OH is 1. The number of hydrogen-bond acceptors (Lipinski definition) is 3. The van der Waals surface area contributed by atoms with Crippen molar-refractivity contribution in [1.29, 1.82) is 0 Å². The molecular weight excluding hydrogens is 341 g/mol. The largest absolute Gasteiger partial charge is 0.416 e. The standard InChI is InChI=1S/C20H17F3N2O/c21-20(22,23)15-5-7-16(8-6-15)25-19-4-2-1-3-18(19)14-9-11-24-17(13-14)10-12-26/h1-9,11,13,25-26H,10,12H2. The second-order valence-electron chi connectivity index (χ2n) is 5.76. The van der Waals surface area contributed by atoms with Crippen molar-refractivity contribution in [2.45, 2.75) is 12.6 Å². The number of aliphatic hydroxyl groups is 1. The van der Waals surface area contributed by atoms with E-state index in [2.05, 4.69) is 10.3 Å². The highest BCUT2D eigenvalue weighted by atomic mass is 19.4. The van der Waals surface area contributed by atoms with Gasteiger partial charge in [0.25, 0.3) is 0 Å². The fourth-order valence-electron chi connectivity index (χ4n) is 2.64. The molecular formula is C20H17F3N2O. The van der Waals surface area contributed by atoms with Crippen LogP contribution in [-0.2, 0) is 12.6 Å². The minimum absolute atomic E-state index is 0.0158. The van der Waals surface area contributed by atoms with Crippen LogP contribution in [-0.4, -0.2) is 16.7 Å². The second-order valence-corrected chi connectivity index (χ2v) is 5.76. The van der Waals surface area contributed by atoms with Crippen molar-refractivity contribution in [3.8, 4) is 11.1 Å². The number of pyridine rings is 1. The summed E-state index contributed by atoms with van der Waals surface area (Å²) in [6.45, 7) is 0.0158. The van der Waals surface area contributed by atoms with Crippen LogP contribution in [0.5, 0.6) is 0 Å².